The molecule has 0 spiro atoms. The fraction of sp³-hybridized carbons (Fsp3) is 0.500. The molecule has 1 aliphatic heterocycles. The number of piperidine rings is 1. The van der Waals surface area contributed by atoms with Crippen molar-refractivity contribution in [2.75, 3.05) is 19.7 Å². The van der Waals surface area contributed by atoms with E-state index in [1.54, 1.807) is 23.3 Å². The van der Waals surface area contributed by atoms with Gasteiger partial charge < -0.3 is 24.7 Å². The van der Waals surface area contributed by atoms with Gasteiger partial charge in [-0.2, -0.15) is 0 Å². The first-order valence-electron chi connectivity index (χ1n) is 12.1. The number of carbonyl (C=O) groups is 3. The normalized spacial score (nSPS) is 16.9. The van der Waals surface area contributed by atoms with Crippen molar-refractivity contribution in [3.63, 3.8) is 0 Å². The van der Waals surface area contributed by atoms with Crippen molar-refractivity contribution in [3.05, 3.63) is 59.0 Å². The van der Waals surface area contributed by atoms with E-state index >= 15 is 0 Å². The van der Waals surface area contributed by atoms with Gasteiger partial charge in [-0.3, -0.25) is 9.59 Å². The van der Waals surface area contributed by atoms with Gasteiger partial charge in [0.25, 0.3) is 5.91 Å². The van der Waals surface area contributed by atoms with Crippen molar-refractivity contribution in [1.29, 1.82) is 0 Å². The number of furan rings is 1. The molecule has 1 aromatic heterocycles. The van der Waals surface area contributed by atoms with E-state index in [1.807, 2.05) is 6.92 Å². The number of benzene rings is 1. The second kappa shape index (κ2) is 11.2. The number of hydrogen-bond donors (Lipinski definition) is 2. The van der Waals surface area contributed by atoms with Crippen LogP contribution in [0, 0.1) is 5.92 Å². The molecule has 0 bridgehead atoms. The fourth-order valence-electron chi connectivity index (χ4n) is 4.65. The minimum atomic E-state index is -0.382. The van der Waals surface area contributed by atoms with Gasteiger partial charge in [-0.15, -0.1) is 0 Å². The van der Waals surface area contributed by atoms with Gasteiger partial charge >= 0.3 is 12.0 Å². The van der Waals surface area contributed by atoms with E-state index < -0.39 is 0 Å². The molecule has 182 valence electrons. The van der Waals surface area contributed by atoms with E-state index in [-0.39, 0.29) is 36.5 Å². The molecule has 4 rings (SSSR count). The third-order valence-corrected chi connectivity index (χ3v) is 6.71. The molecule has 2 aromatic rings. The Labute approximate surface area is 200 Å². The molecule has 1 aromatic carbocycles. The van der Waals surface area contributed by atoms with Gasteiger partial charge in [0.15, 0.2) is 6.61 Å². The number of hydrogen-bond acceptors (Lipinski definition) is 5. The summed E-state index contributed by atoms with van der Waals surface area (Å²) in [5, 5.41) is 5.74. The van der Waals surface area contributed by atoms with Crippen LogP contribution in [0.3, 0.4) is 0 Å². The summed E-state index contributed by atoms with van der Waals surface area (Å²) in [4.78, 5) is 38.8. The molecule has 2 aliphatic rings. The number of esters is 1. The Balaban J connectivity index is 1.16. The van der Waals surface area contributed by atoms with Crippen molar-refractivity contribution in [2.45, 2.75) is 58.0 Å². The highest BCUT2D eigenvalue weighted by Gasteiger charge is 2.29. The third-order valence-electron chi connectivity index (χ3n) is 6.71. The average molecular weight is 468 g/mol. The number of fused-ring (bicyclic) bond motifs is 1. The molecule has 1 aliphatic carbocycles. The van der Waals surface area contributed by atoms with Gasteiger partial charge in [-0.1, -0.05) is 18.2 Å². The topological polar surface area (TPSA) is 101 Å². The lowest BCUT2D eigenvalue weighted by atomic mass is 9.89. The number of carbonyl (C=O) groups excluding carboxylic acids is 3. The van der Waals surface area contributed by atoms with Gasteiger partial charge in [-0.05, 0) is 74.3 Å². The van der Waals surface area contributed by atoms with Crippen LogP contribution in [0.1, 0.15) is 61.1 Å². The van der Waals surface area contributed by atoms with Gasteiger partial charge in [0.2, 0.25) is 0 Å². The van der Waals surface area contributed by atoms with E-state index in [9.17, 15) is 14.4 Å². The number of amides is 3. The Hall–Kier alpha value is -3.29. The maximum absolute atomic E-state index is 12.4. The summed E-state index contributed by atoms with van der Waals surface area (Å²) < 4.78 is 10.5. The molecule has 2 heterocycles. The maximum atomic E-state index is 12.4. The summed E-state index contributed by atoms with van der Waals surface area (Å²) >= 11 is 0. The van der Waals surface area contributed by atoms with Crippen LogP contribution < -0.4 is 10.6 Å². The molecule has 1 fully saturated rings. The van der Waals surface area contributed by atoms with Crippen LogP contribution in [0.4, 0.5) is 4.79 Å². The van der Waals surface area contributed by atoms with Crippen LogP contribution in [0.5, 0.6) is 0 Å². The van der Waals surface area contributed by atoms with Gasteiger partial charge in [0.1, 0.15) is 5.76 Å². The van der Waals surface area contributed by atoms with Crippen molar-refractivity contribution in [1.82, 2.24) is 15.5 Å². The molecule has 1 atom stereocenters. The molecule has 0 unspecified atom stereocenters. The average Bonchev–Trinajstić information content (AvgIpc) is 3.39. The lowest BCUT2D eigenvalue weighted by Crippen LogP contribution is -2.45. The molecular formula is C26H33N3O5. The summed E-state index contributed by atoms with van der Waals surface area (Å²) in [6, 6.07) is 9.65. The smallest absolute Gasteiger partial charge is 0.317 e. The summed E-state index contributed by atoms with van der Waals surface area (Å²) in [6.45, 7) is 2.90. The minimum Gasteiger partial charge on any atom is -0.467 e. The SMILES string of the molecule is C[C@H](NC(=O)COC(=O)C1CCN(C(=O)NCc2ccco2)CC1)c1ccc2c(c1)CCCC2. The van der Waals surface area contributed by atoms with Gasteiger partial charge in [-0.25, -0.2) is 4.79 Å². The van der Waals surface area contributed by atoms with Crippen LogP contribution in [-0.4, -0.2) is 42.5 Å². The molecule has 8 heteroatoms. The lowest BCUT2D eigenvalue weighted by Gasteiger charge is -2.30. The van der Waals surface area contributed by atoms with Crippen molar-refractivity contribution in [3.8, 4) is 0 Å². The highest BCUT2D eigenvalue weighted by molar-refractivity contribution is 5.81. The van der Waals surface area contributed by atoms with E-state index in [4.69, 9.17) is 9.15 Å². The second-order valence-corrected chi connectivity index (χ2v) is 9.13. The number of ether oxygens (including phenoxy) is 1. The summed E-state index contributed by atoms with van der Waals surface area (Å²) in [6.07, 6.45) is 7.25. The lowest BCUT2D eigenvalue weighted by molar-refractivity contribution is -0.154. The van der Waals surface area contributed by atoms with E-state index in [0.29, 0.717) is 38.2 Å². The Morgan fingerprint density at radius 1 is 1.12 bits per heavy atom. The number of likely N-dealkylation sites (tertiary alicyclic amines) is 1. The summed E-state index contributed by atoms with van der Waals surface area (Å²) in [5.74, 6) is -0.313. The zero-order valence-corrected chi connectivity index (χ0v) is 19.7. The number of urea groups is 1. The van der Waals surface area contributed by atoms with Crippen molar-refractivity contribution < 1.29 is 23.5 Å². The molecule has 2 N–H and O–H groups in total. The van der Waals surface area contributed by atoms with Gasteiger partial charge in [0, 0.05) is 13.1 Å². The first-order valence-corrected chi connectivity index (χ1v) is 12.1. The monoisotopic (exact) mass is 467 g/mol. The van der Waals surface area contributed by atoms with E-state index in [2.05, 4.69) is 28.8 Å². The van der Waals surface area contributed by atoms with Crippen LogP contribution in [0.15, 0.2) is 41.0 Å². The van der Waals surface area contributed by atoms with Crippen LogP contribution >= 0.6 is 0 Å². The van der Waals surface area contributed by atoms with E-state index in [0.717, 1.165) is 18.4 Å². The summed E-state index contributed by atoms with van der Waals surface area (Å²) in [7, 11) is 0. The fourth-order valence-corrected chi connectivity index (χ4v) is 4.65. The Morgan fingerprint density at radius 3 is 2.62 bits per heavy atom. The largest absolute Gasteiger partial charge is 0.467 e. The van der Waals surface area contributed by atoms with Crippen molar-refractivity contribution in [2.24, 2.45) is 5.92 Å². The predicted molar refractivity (Wildman–Crippen MR) is 126 cm³/mol. The zero-order valence-electron chi connectivity index (χ0n) is 19.7. The number of aryl methyl sites for hydroxylation is 2. The first kappa shape index (κ1) is 23.9. The third kappa shape index (κ3) is 6.18. The predicted octanol–water partition coefficient (Wildman–Crippen LogP) is 3.50. The van der Waals surface area contributed by atoms with Crippen molar-refractivity contribution >= 4 is 17.9 Å². The Morgan fingerprint density at radius 2 is 1.88 bits per heavy atom. The molecule has 3 amide bonds. The van der Waals surface area contributed by atoms with E-state index in [1.165, 1.54) is 24.0 Å². The zero-order chi connectivity index (χ0) is 23.9. The van der Waals surface area contributed by atoms with Gasteiger partial charge in [0.05, 0.1) is 24.8 Å². The molecule has 34 heavy (non-hydrogen) atoms. The quantitative estimate of drug-likeness (QED) is 0.607. The molecule has 0 saturated carbocycles. The highest BCUT2D eigenvalue weighted by atomic mass is 16.5. The summed E-state index contributed by atoms with van der Waals surface area (Å²) in [5.41, 5.74) is 3.85. The minimum absolute atomic E-state index is 0.152. The number of nitrogens with one attached hydrogen (secondary N) is 2. The molecule has 0 radical (unpaired) electrons. The number of rotatable bonds is 7. The number of nitrogens with zero attached hydrogens (tertiary/aromatic N) is 1. The standard InChI is InChI=1S/C26H33N3O5/c1-18(21-9-8-19-5-2-3-6-22(19)15-21)28-24(30)17-34-25(31)20-10-12-29(13-11-20)26(32)27-16-23-7-4-14-33-23/h4,7-9,14-15,18,20H,2-3,5-6,10-13,16-17H2,1H3,(H,27,32)(H,28,30)/t18-/m0/s1. The molecule has 1 saturated heterocycles. The first-order chi connectivity index (χ1) is 16.5. The highest BCUT2D eigenvalue weighted by Crippen LogP contribution is 2.25. The second-order valence-electron chi connectivity index (χ2n) is 9.13. The van der Waals surface area contributed by atoms with Crippen LogP contribution in [-0.2, 0) is 33.7 Å². The molecular weight excluding hydrogens is 434 g/mol. The Bertz CT molecular complexity index is 996. The van der Waals surface area contributed by atoms with Crippen LogP contribution in [0.25, 0.3) is 0 Å². The molecule has 8 nitrogen and oxygen atoms in total. The Kier molecular flexibility index (Phi) is 7.87. The maximum Gasteiger partial charge on any atom is 0.317 e. The van der Waals surface area contributed by atoms with Crippen LogP contribution in [0.2, 0.25) is 0 Å².